The van der Waals surface area contributed by atoms with Crippen LogP contribution in [0.5, 0.6) is 0 Å². The van der Waals surface area contributed by atoms with Crippen LogP contribution < -0.4 is 0 Å². The first kappa shape index (κ1) is 16.1. The topological polar surface area (TPSA) is 0 Å². The van der Waals surface area contributed by atoms with E-state index in [0.29, 0.717) is 0 Å². The van der Waals surface area contributed by atoms with Crippen LogP contribution >= 0.6 is 0 Å². The van der Waals surface area contributed by atoms with Gasteiger partial charge in [0.05, 0.1) is 5.41 Å². The Morgan fingerprint density at radius 3 is 1.74 bits per heavy atom. The number of aryl methyl sites for hydroxylation is 2. The van der Waals surface area contributed by atoms with Crippen molar-refractivity contribution in [2.24, 2.45) is 0 Å². The molecule has 4 aromatic rings. The van der Waals surface area contributed by atoms with Crippen LogP contribution in [0.2, 0.25) is 0 Å². The lowest BCUT2D eigenvalue weighted by Crippen LogP contribution is -2.29. The second-order valence-corrected chi connectivity index (χ2v) is 7.53. The molecule has 0 bridgehead atoms. The van der Waals surface area contributed by atoms with Crippen LogP contribution in [-0.2, 0) is 5.41 Å². The summed E-state index contributed by atoms with van der Waals surface area (Å²) in [5.74, 6) is 0. The summed E-state index contributed by atoms with van der Waals surface area (Å²) in [5.41, 5.74) is 10.6. The van der Waals surface area contributed by atoms with E-state index in [1.807, 2.05) is 0 Å². The molecule has 0 saturated carbocycles. The Morgan fingerprint density at radius 2 is 1.11 bits per heavy atom. The highest BCUT2D eigenvalue weighted by atomic mass is 14.5. The summed E-state index contributed by atoms with van der Waals surface area (Å²) in [6.45, 7) is 4.46. The van der Waals surface area contributed by atoms with Crippen molar-refractivity contribution in [3.8, 4) is 11.1 Å². The van der Waals surface area contributed by atoms with E-state index in [2.05, 4.69) is 111 Å². The maximum absolute atomic E-state index is 2.36. The molecule has 0 N–H and O–H groups in total. The van der Waals surface area contributed by atoms with Gasteiger partial charge in [-0.05, 0) is 52.8 Å². The lowest BCUT2D eigenvalue weighted by Gasteiger charge is -2.35. The molecule has 0 fully saturated rings. The Kier molecular flexibility index (Phi) is 3.55. The molecule has 0 unspecified atom stereocenters. The minimum atomic E-state index is -0.272. The SMILES string of the molecule is Cc1cc(C)c2c(c1)-c1ccccc1C2(c1ccccc1)c1ccccc1. The predicted molar refractivity (Wildman–Crippen MR) is 113 cm³/mol. The molecule has 5 rings (SSSR count). The van der Waals surface area contributed by atoms with Gasteiger partial charge >= 0.3 is 0 Å². The molecule has 27 heavy (non-hydrogen) atoms. The van der Waals surface area contributed by atoms with Crippen molar-refractivity contribution in [1.29, 1.82) is 0 Å². The van der Waals surface area contributed by atoms with Gasteiger partial charge in [-0.2, -0.15) is 0 Å². The second-order valence-electron chi connectivity index (χ2n) is 7.53. The van der Waals surface area contributed by atoms with Gasteiger partial charge in [0.25, 0.3) is 0 Å². The molecule has 0 saturated heterocycles. The van der Waals surface area contributed by atoms with Crippen LogP contribution in [0.3, 0.4) is 0 Å². The summed E-state index contributed by atoms with van der Waals surface area (Å²) >= 11 is 0. The average molecular weight is 346 g/mol. The largest absolute Gasteiger partial charge is 0.0716 e. The normalized spacial score (nSPS) is 13.9. The molecule has 1 aliphatic rings. The van der Waals surface area contributed by atoms with E-state index in [1.165, 1.54) is 44.5 Å². The van der Waals surface area contributed by atoms with Crippen molar-refractivity contribution in [3.05, 3.63) is 130 Å². The van der Waals surface area contributed by atoms with Crippen molar-refractivity contribution in [3.63, 3.8) is 0 Å². The van der Waals surface area contributed by atoms with Crippen LogP contribution in [0.15, 0.2) is 97.1 Å². The summed E-state index contributed by atoms with van der Waals surface area (Å²) in [5, 5.41) is 0. The maximum atomic E-state index is 2.36. The van der Waals surface area contributed by atoms with Crippen LogP contribution in [0.25, 0.3) is 11.1 Å². The van der Waals surface area contributed by atoms with Crippen LogP contribution in [0.4, 0.5) is 0 Å². The minimum absolute atomic E-state index is 0.272. The number of hydrogen-bond donors (Lipinski definition) is 0. The zero-order chi connectivity index (χ0) is 18.4. The van der Waals surface area contributed by atoms with Crippen LogP contribution in [0.1, 0.15) is 33.4 Å². The molecule has 0 radical (unpaired) electrons. The fourth-order valence-electron chi connectivity index (χ4n) is 5.00. The van der Waals surface area contributed by atoms with Crippen molar-refractivity contribution in [2.45, 2.75) is 19.3 Å². The first-order valence-corrected chi connectivity index (χ1v) is 9.55. The van der Waals surface area contributed by atoms with Gasteiger partial charge in [-0.3, -0.25) is 0 Å². The van der Waals surface area contributed by atoms with E-state index in [4.69, 9.17) is 0 Å². The Morgan fingerprint density at radius 1 is 0.556 bits per heavy atom. The lowest BCUT2D eigenvalue weighted by atomic mass is 9.66. The molecule has 0 atom stereocenters. The van der Waals surface area contributed by atoms with E-state index in [1.54, 1.807) is 0 Å². The smallest absolute Gasteiger partial charge is 0.0622 e. The molecule has 0 amide bonds. The third kappa shape index (κ3) is 2.16. The minimum Gasteiger partial charge on any atom is -0.0622 e. The number of rotatable bonds is 2. The number of benzene rings is 4. The predicted octanol–water partition coefficient (Wildman–Crippen LogP) is 6.67. The van der Waals surface area contributed by atoms with Gasteiger partial charge in [0.15, 0.2) is 0 Å². The Labute approximate surface area is 161 Å². The molecule has 0 heteroatoms. The molecule has 4 aromatic carbocycles. The zero-order valence-electron chi connectivity index (χ0n) is 15.7. The summed E-state index contributed by atoms with van der Waals surface area (Å²) in [6, 6.07) is 35.5. The number of hydrogen-bond acceptors (Lipinski definition) is 0. The van der Waals surface area contributed by atoms with E-state index >= 15 is 0 Å². The van der Waals surface area contributed by atoms with E-state index in [-0.39, 0.29) is 5.41 Å². The molecule has 0 heterocycles. The molecule has 0 spiro atoms. The molecular formula is C27H22. The van der Waals surface area contributed by atoms with Crippen molar-refractivity contribution in [1.82, 2.24) is 0 Å². The lowest BCUT2D eigenvalue weighted by molar-refractivity contribution is 0.761. The molecule has 0 aromatic heterocycles. The third-order valence-corrected chi connectivity index (χ3v) is 5.89. The standard InChI is InChI=1S/C27H22/c1-19-17-20(2)26-24(18-19)23-15-9-10-16-25(23)27(26,21-11-5-3-6-12-21)22-13-7-4-8-14-22/h3-18H,1-2H3. The van der Waals surface area contributed by atoms with Crippen molar-refractivity contribution < 1.29 is 0 Å². The van der Waals surface area contributed by atoms with E-state index < -0.39 is 0 Å². The van der Waals surface area contributed by atoms with Gasteiger partial charge in [-0.25, -0.2) is 0 Å². The molecular weight excluding hydrogens is 324 g/mol. The Hall–Kier alpha value is -3.12. The molecule has 1 aliphatic carbocycles. The van der Waals surface area contributed by atoms with E-state index in [9.17, 15) is 0 Å². The monoisotopic (exact) mass is 346 g/mol. The van der Waals surface area contributed by atoms with Gasteiger partial charge < -0.3 is 0 Å². The summed E-state index contributed by atoms with van der Waals surface area (Å²) < 4.78 is 0. The van der Waals surface area contributed by atoms with Crippen LogP contribution in [-0.4, -0.2) is 0 Å². The van der Waals surface area contributed by atoms with Crippen LogP contribution in [0, 0.1) is 13.8 Å². The van der Waals surface area contributed by atoms with Gasteiger partial charge in [0, 0.05) is 0 Å². The Balaban J connectivity index is 2.01. The second kappa shape index (κ2) is 5.96. The number of fused-ring (bicyclic) bond motifs is 3. The summed E-state index contributed by atoms with van der Waals surface area (Å²) in [6.07, 6.45) is 0. The third-order valence-electron chi connectivity index (χ3n) is 5.89. The fraction of sp³-hybridized carbons (Fsp3) is 0.111. The highest BCUT2D eigenvalue weighted by molar-refractivity contribution is 5.87. The van der Waals surface area contributed by atoms with Gasteiger partial charge in [0.2, 0.25) is 0 Å². The average Bonchev–Trinajstić information content (AvgIpc) is 3.01. The highest BCUT2D eigenvalue weighted by Gasteiger charge is 2.46. The Bertz CT molecular complexity index is 1080. The molecule has 0 nitrogen and oxygen atoms in total. The first-order chi connectivity index (χ1) is 13.2. The van der Waals surface area contributed by atoms with Gasteiger partial charge in [-0.15, -0.1) is 0 Å². The van der Waals surface area contributed by atoms with Crippen molar-refractivity contribution in [2.75, 3.05) is 0 Å². The molecule has 0 aliphatic heterocycles. The quantitative estimate of drug-likeness (QED) is 0.335. The van der Waals surface area contributed by atoms with Gasteiger partial charge in [0.1, 0.15) is 0 Å². The van der Waals surface area contributed by atoms with E-state index in [0.717, 1.165) is 0 Å². The van der Waals surface area contributed by atoms with Crippen molar-refractivity contribution >= 4 is 0 Å². The maximum Gasteiger partial charge on any atom is 0.0716 e. The summed E-state index contributed by atoms with van der Waals surface area (Å²) in [4.78, 5) is 0. The van der Waals surface area contributed by atoms with Gasteiger partial charge in [-0.1, -0.05) is 103 Å². The molecule has 130 valence electrons. The zero-order valence-corrected chi connectivity index (χ0v) is 15.7. The first-order valence-electron chi connectivity index (χ1n) is 9.55. The summed E-state index contributed by atoms with van der Waals surface area (Å²) in [7, 11) is 0. The highest BCUT2D eigenvalue weighted by Crippen LogP contribution is 2.57. The fourth-order valence-corrected chi connectivity index (χ4v) is 5.00.